The summed E-state index contributed by atoms with van der Waals surface area (Å²) in [5.74, 6) is 0. The summed E-state index contributed by atoms with van der Waals surface area (Å²) < 4.78 is 3.69. The normalized spacial score (nSPS) is 8.38. The van der Waals surface area contributed by atoms with Crippen LogP contribution in [0.15, 0.2) is 6.07 Å². The van der Waals surface area contributed by atoms with Crippen molar-refractivity contribution >= 4 is 16.5 Å². The van der Waals surface area contributed by atoms with E-state index in [0.717, 1.165) is 11.5 Å². The van der Waals surface area contributed by atoms with Gasteiger partial charge in [-0.1, -0.05) is 0 Å². The van der Waals surface area contributed by atoms with Crippen LogP contribution in [0.5, 0.6) is 0 Å². The fourth-order valence-electron chi connectivity index (χ4n) is 0.342. The van der Waals surface area contributed by atoms with Crippen LogP contribution < -0.4 is 5.73 Å². The summed E-state index contributed by atoms with van der Waals surface area (Å²) in [7, 11) is 0. The Morgan fingerprint density at radius 2 is 2.62 bits per heavy atom. The second kappa shape index (κ2) is 1.80. The molecule has 0 amide bonds. The molecule has 0 saturated carbocycles. The first-order valence-corrected chi connectivity index (χ1v) is 2.72. The maximum atomic E-state index is 8.19. The third kappa shape index (κ3) is 0.768. The minimum atomic E-state index is 0.396. The molecular weight excluding hydrogens is 122 g/mol. The van der Waals surface area contributed by atoms with Crippen molar-refractivity contribution < 1.29 is 0 Å². The second-order valence-electron chi connectivity index (χ2n) is 1.23. The van der Waals surface area contributed by atoms with E-state index in [9.17, 15) is 0 Å². The number of nitriles is 1. The molecule has 0 aliphatic rings. The second-order valence-corrected chi connectivity index (χ2v) is 2.06. The van der Waals surface area contributed by atoms with Crippen LogP contribution in [0.1, 0.15) is 5.69 Å². The lowest BCUT2D eigenvalue weighted by Gasteiger charge is -1.67. The van der Waals surface area contributed by atoms with Crippen molar-refractivity contribution in [2.75, 3.05) is 5.73 Å². The van der Waals surface area contributed by atoms with Gasteiger partial charge in [-0.2, -0.15) is 9.64 Å². The number of nitrogens with zero attached hydrogens (tertiary/aromatic N) is 2. The van der Waals surface area contributed by atoms with Gasteiger partial charge in [-0.3, -0.25) is 0 Å². The van der Waals surface area contributed by atoms with Crippen molar-refractivity contribution in [1.82, 2.24) is 4.37 Å². The SMILES string of the molecule is N#Cc1cc(N)sn1. The Labute approximate surface area is 50.5 Å². The molecule has 0 aliphatic carbocycles. The molecule has 0 spiro atoms. The van der Waals surface area contributed by atoms with Gasteiger partial charge in [-0.25, -0.2) is 0 Å². The minimum absolute atomic E-state index is 0.396. The Morgan fingerprint density at radius 3 is 2.88 bits per heavy atom. The standard InChI is InChI=1S/C4H3N3S/c5-2-3-1-4(6)8-7-3/h1H,6H2. The predicted octanol–water partition coefficient (Wildman–Crippen LogP) is 0.597. The number of anilines is 1. The fourth-order valence-corrected chi connectivity index (χ4v) is 0.804. The van der Waals surface area contributed by atoms with Crippen LogP contribution in [-0.2, 0) is 0 Å². The zero-order chi connectivity index (χ0) is 5.98. The molecule has 1 heterocycles. The van der Waals surface area contributed by atoms with Gasteiger partial charge >= 0.3 is 0 Å². The molecule has 40 valence electrons. The average Bonchev–Trinajstić information content (AvgIpc) is 2.14. The molecule has 0 fully saturated rings. The molecule has 0 aromatic carbocycles. The monoisotopic (exact) mass is 125 g/mol. The summed E-state index contributed by atoms with van der Waals surface area (Å²) in [5.41, 5.74) is 5.65. The number of hydrogen-bond donors (Lipinski definition) is 1. The Morgan fingerprint density at radius 1 is 1.88 bits per heavy atom. The molecule has 1 aromatic heterocycles. The molecule has 8 heavy (non-hydrogen) atoms. The van der Waals surface area contributed by atoms with Crippen LogP contribution in [0.25, 0.3) is 0 Å². The molecule has 0 radical (unpaired) electrons. The predicted molar refractivity (Wildman–Crippen MR) is 31.2 cm³/mol. The fraction of sp³-hybridized carbons (Fsp3) is 0. The molecule has 0 saturated heterocycles. The number of hydrogen-bond acceptors (Lipinski definition) is 4. The van der Waals surface area contributed by atoms with Crippen molar-refractivity contribution in [1.29, 1.82) is 5.26 Å². The Kier molecular flexibility index (Phi) is 1.14. The molecule has 1 aromatic rings. The highest BCUT2D eigenvalue weighted by Crippen LogP contribution is 2.09. The quantitative estimate of drug-likeness (QED) is 0.552. The van der Waals surface area contributed by atoms with Crippen molar-refractivity contribution in [3.63, 3.8) is 0 Å². The topological polar surface area (TPSA) is 62.7 Å². The Bertz CT molecular complexity index is 221. The van der Waals surface area contributed by atoms with Crippen LogP contribution >= 0.6 is 11.5 Å². The first kappa shape index (κ1) is 5.06. The van der Waals surface area contributed by atoms with Gasteiger partial charge in [0.25, 0.3) is 0 Å². The van der Waals surface area contributed by atoms with E-state index in [2.05, 4.69) is 4.37 Å². The zero-order valence-corrected chi connectivity index (χ0v) is 4.77. The van der Waals surface area contributed by atoms with E-state index in [0.29, 0.717) is 10.7 Å². The summed E-state index contributed by atoms with van der Waals surface area (Å²) >= 11 is 1.13. The molecular formula is C4H3N3S. The third-order valence-electron chi connectivity index (χ3n) is 0.643. The highest BCUT2D eigenvalue weighted by Gasteiger charge is 1.92. The summed E-state index contributed by atoms with van der Waals surface area (Å²) in [5, 5.41) is 8.77. The van der Waals surface area contributed by atoms with Crippen LogP contribution in [0.2, 0.25) is 0 Å². The highest BCUT2D eigenvalue weighted by molar-refractivity contribution is 7.10. The first-order chi connectivity index (χ1) is 3.83. The van der Waals surface area contributed by atoms with Crippen LogP contribution in [0.4, 0.5) is 5.00 Å². The van der Waals surface area contributed by atoms with Gasteiger partial charge in [0.2, 0.25) is 0 Å². The van der Waals surface area contributed by atoms with Gasteiger partial charge in [0, 0.05) is 6.07 Å². The van der Waals surface area contributed by atoms with Crippen molar-refractivity contribution in [2.45, 2.75) is 0 Å². The molecule has 3 nitrogen and oxygen atoms in total. The molecule has 4 heteroatoms. The summed E-state index contributed by atoms with van der Waals surface area (Å²) in [4.78, 5) is 0. The van der Waals surface area contributed by atoms with Crippen molar-refractivity contribution in [3.8, 4) is 6.07 Å². The van der Waals surface area contributed by atoms with Gasteiger partial charge < -0.3 is 5.73 Å². The van der Waals surface area contributed by atoms with Gasteiger partial charge in [0.05, 0.1) is 0 Å². The largest absolute Gasteiger partial charge is 0.389 e. The Hall–Kier alpha value is -1.08. The minimum Gasteiger partial charge on any atom is -0.389 e. The first-order valence-electron chi connectivity index (χ1n) is 1.95. The number of nitrogen functional groups attached to an aromatic ring is 1. The van der Waals surface area contributed by atoms with Crippen molar-refractivity contribution in [2.24, 2.45) is 0 Å². The van der Waals surface area contributed by atoms with E-state index in [-0.39, 0.29) is 0 Å². The van der Waals surface area contributed by atoms with Gasteiger partial charge in [-0.15, -0.1) is 0 Å². The lowest BCUT2D eigenvalue weighted by molar-refractivity contribution is 1.42. The highest BCUT2D eigenvalue weighted by atomic mass is 32.1. The molecule has 0 atom stereocenters. The summed E-state index contributed by atoms with van der Waals surface area (Å²) in [6.07, 6.45) is 0. The molecule has 2 N–H and O–H groups in total. The van der Waals surface area contributed by atoms with E-state index >= 15 is 0 Å². The van der Waals surface area contributed by atoms with E-state index in [1.165, 1.54) is 0 Å². The average molecular weight is 125 g/mol. The summed E-state index contributed by atoms with van der Waals surface area (Å²) in [6, 6.07) is 3.41. The zero-order valence-electron chi connectivity index (χ0n) is 3.96. The molecule has 0 aliphatic heterocycles. The molecule has 1 rings (SSSR count). The number of nitrogens with two attached hydrogens (primary N) is 1. The number of rotatable bonds is 0. The maximum Gasteiger partial charge on any atom is 0.156 e. The lowest BCUT2D eigenvalue weighted by atomic mass is 10.5. The lowest BCUT2D eigenvalue weighted by Crippen LogP contribution is -1.73. The van der Waals surface area contributed by atoms with Crippen LogP contribution in [0.3, 0.4) is 0 Å². The maximum absolute atomic E-state index is 8.19. The van der Waals surface area contributed by atoms with Gasteiger partial charge in [-0.05, 0) is 11.5 Å². The van der Waals surface area contributed by atoms with E-state index in [4.69, 9.17) is 11.0 Å². The smallest absolute Gasteiger partial charge is 0.156 e. The van der Waals surface area contributed by atoms with Crippen molar-refractivity contribution in [3.05, 3.63) is 11.8 Å². The summed E-state index contributed by atoms with van der Waals surface area (Å²) in [6.45, 7) is 0. The Balaban J connectivity index is 3.05. The van der Waals surface area contributed by atoms with Crippen LogP contribution in [0, 0.1) is 11.3 Å². The van der Waals surface area contributed by atoms with E-state index < -0.39 is 0 Å². The van der Waals surface area contributed by atoms with Crippen LogP contribution in [-0.4, -0.2) is 4.37 Å². The van der Waals surface area contributed by atoms with Gasteiger partial charge in [0.15, 0.2) is 5.69 Å². The van der Waals surface area contributed by atoms with E-state index in [1.807, 2.05) is 6.07 Å². The molecule has 0 bridgehead atoms. The third-order valence-corrected chi connectivity index (χ3v) is 1.26. The number of aromatic nitrogens is 1. The van der Waals surface area contributed by atoms with E-state index in [1.54, 1.807) is 6.07 Å². The molecule has 0 unspecified atom stereocenters. The van der Waals surface area contributed by atoms with Gasteiger partial charge in [0.1, 0.15) is 11.1 Å².